The third-order valence-corrected chi connectivity index (χ3v) is 5.79. The van der Waals surface area contributed by atoms with Gasteiger partial charge >= 0.3 is 5.97 Å². The van der Waals surface area contributed by atoms with E-state index in [1.165, 1.54) is 0 Å². The minimum absolute atomic E-state index is 0.106. The first kappa shape index (κ1) is 22.1. The van der Waals surface area contributed by atoms with E-state index in [0.29, 0.717) is 5.75 Å². The zero-order valence-electron chi connectivity index (χ0n) is 15.9. The molecular formula is C23H19Br3O3. The van der Waals surface area contributed by atoms with Gasteiger partial charge in [-0.15, -0.1) is 0 Å². The SMILES string of the molecule is CC1(C)[C@H](C(=O)O[C@H](C#CBr)c2cccc(Oc3ccccc3)c2)[C@@H]1C=C(Br)Br. The maximum atomic E-state index is 12.9. The number of halogens is 3. The fourth-order valence-corrected chi connectivity index (χ4v) is 4.14. The van der Waals surface area contributed by atoms with Crippen molar-refractivity contribution in [3.63, 3.8) is 0 Å². The van der Waals surface area contributed by atoms with Crippen LogP contribution in [0.25, 0.3) is 0 Å². The lowest BCUT2D eigenvalue weighted by atomic mass is 10.1. The average Bonchev–Trinajstić information content (AvgIpc) is 3.21. The van der Waals surface area contributed by atoms with Gasteiger partial charge in [0.25, 0.3) is 0 Å². The first-order valence-corrected chi connectivity index (χ1v) is 11.4. The lowest BCUT2D eigenvalue weighted by Crippen LogP contribution is -2.14. The molecule has 29 heavy (non-hydrogen) atoms. The number of hydrogen-bond acceptors (Lipinski definition) is 3. The van der Waals surface area contributed by atoms with Gasteiger partial charge in [0.05, 0.1) is 9.31 Å². The van der Waals surface area contributed by atoms with E-state index in [1.807, 2.05) is 60.7 Å². The molecule has 1 fully saturated rings. The second kappa shape index (κ2) is 9.51. The van der Waals surface area contributed by atoms with Crippen LogP contribution in [-0.2, 0) is 9.53 Å². The van der Waals surface area contributed by atoms with Crippen LogP contribution in [0.3, 0.4) is 0 Å². The van der Waals surface area contributed by atoms with Crippen molar-refractivity contribution >= 4 is 53.8 Å². The molecule has 0 aliphatic heterocycles. The van der Waals surface area contributed by atoms with Crippen molar-refractivity contribution in [1.29, 1.82) is 0 Å². The standard InChI is InChI=1S/C23H19Br3O3/c1-23(2)18(14-20(25)26)21(23)22(27)29-19(11-12-24)15-7-6-10-17(13-15)28-16-8-4-3-5-9-16/h3-10,13-14,18-19,21H,1-2H3/t18-,19+,21-/m0/s1. The molecule has 0 radical (unpaired) electrons. The van der Waals surface area contributed by atoms with Gasteiger partial charge in [-0.3, -0.25) is 4.79 Å². The normalized spacial score (nSPS) is 19.9. The predicted molar refractivity (Wildman–Crippen MR) is 125 cm³/mol. The monoisotopic (exact) mass is 580 g/mol. The minimum Gasteiger partial charge on any atom is -0.457 e. The summed E-state index contributed by atoms with van der Waals surface area (Å²) >= 11 is 9.87. The van der Waals surface area contributed by atoms with Gasteiger partial charge in [-0.1, -0.05) is 50.3 Å². The summed E-state index contributed by atoms with van der Waals surface area (Å²) in [5.74, 6) is 3.95. The van der Waals surface area contributed by atoms with Crippen molar-refractivity contribution in [2.75, 3.05) is 0 Å². The molecule has 1 saturated carbocycles. The molecule has 0 saturated heterocycles. The third-order valence-electron chi connectivity index (χ3n) is 5.03. The Balaban J connectivity index is 1.76. The van der Waals surface area contributed by atoms with Crippen LogP contribution in [0.2, 0.25) is 0 Å². The zero-order chi connectivity index (χ0) is 21.0. The summed E-state index contributed by atoms with van der Waals surface area (Å²) in [5.41, 5.74) is 0.597. The number of rotatable bonds is 6. The van der Waals surface area contributed by atoms with Crippen LogP contribution in [0.4, 0.5) is 0 Å². The van der Waals surface area contributed by atoms with E-state index in [1.54, 1.807) is 0 Å². The molecule has 0 aromatic heterocycles. The maximum absolute atomic E-state index is 12.9. The molecule has 0 heterocycles. The minimum atomic E-state index is -0.686. The Morgan fingerprint density at radius 3 is 2.45 bits per heavy atom. The van der Waals surface area contributed by atoms with Gasteiger partial charge < -0.3 is 9.47 Å². The number of esters is 1. The van der Waals surface area contributed by atoms with Crippen LogP contribution < -0.4 is 4.74 Å². The van der Waals surface area contributed by atoms with E-state index < -0.39 is 6.10 Å². The summed E-state index contributed by atoms with van der Waals surface area (Å²) in [6.07, 6.45) is 1.31. The second-order valence-corrected chi connectivity index (χ2v) is 10.5. The summed E-state index contributed by atoms with van der Waals surface area (Å²) in [6.45, 7) is 4.12. The number of para-hydroxylation sites is 1. The molecule has 3 rings (SSSR count). The molecule has 3 nitrogen and oxygen atoms in total. The predicted octanol–water partition coefficient (Wildman–Crippen LogP) is 7.32. The molecule has 1 aliphatic carbocycles. The summed E-state index contributed by atoms with van der Waals surface area (Å²) in [5, 5.41) is 0. The van der Waals surface area contributed by atoms with Crippen molar-refractivity contribution in [2.24, 2.45) is 17.3 Å². The van der Waals surface area contributed by atoms with Crippen molar-refractivity contribution in [3.8, 4) is 22.2 Å². The van der Waals surface area contributed by atoms with E-state index in [2.05, 4.69) is 72.4 Å². The van der Waals surface area contributed by atoms with Crippen LogP contribution in [0.15, 0.2) is 64.1 Å². The Labute approximate surface area is 196 Å². The van der Waals surface area contributed by atoms with Gasteiger partial charge in [0.1, 0.15) is 11.5 Å². The van der Waals surface area contributed by atoms with Gasteiger partial charge in [-0.2, -0.15) is 0 Å². The molecule has 2 aromatic rings. The topological polar surface area (TPSA) is 35.5 Å². The van der Waals surface area contributed by atoms with Crippen LogP contribution in [0.5, 0.6) is 11.5 Å². The van der Waals surface area contributed by atoms with Gasteiger partial charge in [0, 0.05) is 21.5 Å². The highest BCUT2D eigenvalue weighted by molar-refractivity contribution is 9.28. The Bertz CT molecular complexity index is 970. The van der Waals surface area contributed by atoms with E-state index >= 15 is 0 Å². The molecule has 0 amide bonds. The van der Waals surface area contributed by atoms with E-state index in [-0.39, 0.29) is 23.2 Å². The van der Waals surface area contributed by atoms with Crippen LogP contribution in [0.1, 0.15) is 25.5 Å². The molecule has 1 aliphatic rings. The molecule has 6 heteroatoms. The Morgan fingerprint density at radius 1 is 1.10 bits per heavy atom. The first-order chi connectivity index (χ1) is 13.8. The quantitative estimate of drug-likeness (QED) is 0.264. The smallest absolute Gasteiger partial charge is 0.311 e. The number of allylic oxidation sites excluding steroid dienone is 1. The van der Waals surface area contributed by atoms with E-state index in [4.69, 9.17) is 9.47 Å². The van der Waals surface area contributed by atoms with Crippen LogP contribution in [0, 0.1) is 28.0 Å². The summed E-state index contributed by atoms with van der Waals surface area (Å²) in [4.78, 5) is 15.5. The molecule has 0 unspecified atom stereocenters. The van der Waals surface area contributed by atoms with E-state index in [9.17, 15) is 4.79 Å². The Morgan fingerprint density at radius 2 is 1.79 bits per heavy atom. The molecule has 3 atom stereocenters. The lowest BCUT2D eigenvalue weighted by molar-refractivity contribution is -0.149. The number of ether oxygens (including phenoxy) is 2. The number of carbonyl (C=O) groups is 1. The Kier molecular flexibility index (Phi) is 7.26. The van der Waals surface area contributed by atoms with Crippen molar-refractivity contribution < 1.29 is 14.3 Å². The molecule has 0 bridgehead atoms. The molecule has 0 spiro atoms. The summed E-state index contributed by atoms with van der Waals surface area (Å²) < 4.78 is 12.5. The lowest BCUT2D eigenvalue weighted by Gasteiger charge is -2.15. The zero-order valence-corrected chi connectivity index (χ0v) is 20.6. The molecule has 150 valence electrons. The van der Waals surface area contributed by atoms with Gasteiger partial charge in [-0.25, -0.2) is 0 Å². The second-order valence-electron chi connectivity index (χ2n) is 7.32. The van der Waals surface area contributed by atoms with Gasteiger partial charge in [0.2, 0.25) is 0 Å². The first-order valence-electron chi connectivity index (χ1n) is 9.00. The number of hydrogen-bond donors (Lipinski definition) is 0. The molecule has 0 N–H and O–H groups in total. The Hall–Kier alpha value is -1.55. The van der Waals surface area contributed by atoms with Gasteiger partial charge in [0.15, 0.2) is 6.10 Å². The summed E-state index contributed by atoms with van der Waals surface area (Å²) in [7, 11) is 0. The third kappa shape index (κ3) is 5.53. The van der Waals surface area contributed by atoms with Crippen molar-refractivity contribution in [1.82, 2.24) is 0 Å². The van der Waals surface area contributed by atoms with Crippen LogP contribution in [-0.4, -0.2) is 5.97 Å². The highest BCUT2D eigenvalue weighted by atomic mass is 79.9. The maximum Gasteiger partial charge on any atom is 0.311 e. The highest BCUT2D eigenvalue weighted by Gasteiger charge is 2.61. The fraction of sp³-hybridized carbons (Fsp3) is 0.261. The van der Waals surface area contributed by atoms with Crippen molar-refractivity contribution in [2.45, 2.75) is 20.0 Å². The van der Waals surface area contributed by atoms with Crippen molar-refractivity contribution in [3.05, 3.63) is 69.6 Å². The molecular weight excluding hydrogens is 564 g/mol. The average molecular weight is 583 g/mol. The van der Waals surface area contributed by atoms with Gasteiger partial charge in [-0.05, 0) is 78.2 Å². The fourth-order valence-electron chi connectivity index (χ4n) is 3.36. The van der Waals surface area contributed by atoms with Crippen LogP contribution >= 0.6 is 47.8 Å². The largest absolute Gasteiger partial charge is 0.457 e. The van der Waals surface area contributed by atoms with E-state index in [0.717, 1.165) is 14.7 Å². The number of carbonyl (C=O) groups excluding carboxylic acids is 1. The number of benzene rings is 2. The molecule has 2 aromatic carbocycles. The highest BCUT2D eigenvalue weighted by Crippen LogP contribution is 2.60. The summed E-state index contributed by atoms with van der Waals surface area (Å²) in [6, 6.07) is 16.9.